The molecule has 1 N–H and O–H groups in total. The Hall–Kier alpha value is -2.24. The molecule has 0 radical (unpaired) electrons. The van der Waals surface area contributed by atoms with Crippen molar-refractivity contribution in [2.24, 2.45) is 5.10 Å². The van der Waals surface area contributed by atoms with E-state index < -0.39 is 0 Å². The summed E-state index contributed by atoms with van der Waals surface area (Å²) >= 11 is 7.57. The van der Waals surface area contributed by atoms with E-state index in [4.69, 9.17) is 16.3 Å². The largest absolute Gasteiger partial charge is 0.490 e. The van der Waals surface area contributed by atoms with Crippen LogP contribution in [0.4, 0.5) is 0 Å². The van der Waals surface area contributed by atoms with Crippen molar-refractivity contribution < 1.29 is 9.53 Å². The molecule has 2 aromatic rings. The fourth-order valence-electron chi connectivity index (χ4n) is 1.89. The Labute approximate surface area is 156 Å². The predicted octanol–water partition coefficient (Wildman–Crippen LogP) is 4.29. The quantitative estimate of drug-likeness (QED) is 0.404. The average molecular weight is 375 g/mol. The Morgan fingerprint density at radius 2 is 2.00 bits per heavy atom. The van der Waals surface area contributed by atoms with Gasteiger partial charge in [0, 0.05) is 10.8 Å². The number of ether oxygens (including phenoxy) is 1. The summed E-state index contributed by atoms with van der Waals surface area (Å²) in [6.45, 7) is 4.07. The smallest absolute Gasteiger partial charge is 0.250 e. The lowest BCUT2D eigenvalue weighted by atomic mass is 10.2. The third-order valence-electron chi connectivity index (χ3n) is 3.10. The van der Waals surface area contributed by atoms with Gasteiger partial charge in [0.1, 0.15) is 12.4 Å². The Balaban J connectivity index is 1.71. The van der Waals surface area contributed by atoms with E-state index in [1.54, 1.807) is 12.3 Å². The summed E-state index contributed by atoms with van der Waals surface area (Å²) in [5.41, 5.74) is 4.40. The first-order chi connectivity index (χ1) is 12.2. The molecule has 4 nitrogen and oxygen atoms in total. The number of carbonyl (C=O) groups is 1. The summed E-state index contributed by atoms with van der Waals surface area (Å²) in [4.78, 5) is 11.8. The van der Waals surface area contributed by atoms with E-state index in [0.717, 1.165) is 16.9 Å². The van der Waals surface area contributed by atoms with Crippen molar-refractivity contribution >= 4 is 35.5 Å². The predicted molar refractivity (Wildman–Crippen MR) is 105 cm³/mol. The number of thioether (sulfide) groups is 1. The molecule has 0 saturated carbocycles. The lowest BCUT2D eigenvalue weighted by Gasteiger charge is -2.04. The Morgan fingerprint density at radius 1 is 1.24 bits per heavy atom. The Kier molecular flexibility index (Phi) is 8.09. The number of carbonyl (C=O) groups excluding carboxylic acids is 1. The topological polar surface area (TPSA) is 50.7 Å². The maximum absolute atomic E-state index is 11.8. The van der Waals surface area contributed by atoms with Gasteiger partial charge in [0.2, 0.25) is 5.91 Å². The zero-order valence-electron chi connectivity index (χ0n) is 13.7. The molecule has 25 heavy (non-hydrogen) atoms. The summed E-state index contributed by atoms with van der Waals surface area (Å²) in [6.07, 6.45) is 3.28. The lowest BCUT2D eigenvalue weighted by Crippen LogP contribution is -2.19. The molecule has 0 aliphatic heterocycles. The first-order valence-electron chi connectivity index (χ1n) is 7.66. The number of halogens is 1. The molecule has 0 heterocycles. The highest BCUT2D eigenvalue weighted by molar-refractivity contribution is 7.99. The van der Waals surface area contributed by atoms with Gasteiger partial charge in [0.05, 0.1) is 12.0 Å². The number of hydrogen-bond donors (Lipinski definition) is 1. The molecular formula is C19H19ClN2O2S. The zero-order valence-corrected chi connectivity index (χ0v) is 15.2. The summed E-state index contributed by atoms with van der Waals surface area (Å²) in [6, 6.07) is 15.0. The maximum Gasteiger partial charge on any atom is 0.250 e. The molecule has 0 spiro atoms. The molecule has 0 aliphatic carbocycles. The van der Waals surface area contributed by atoms with Gasteiger partial charge in [-0.25, -0.2) is 5.43 Å². The van der Waals surface area contributed by atoms with Crippen molar-refractivity contribution in [3.63, 3.8) is 0 Å². The molecule has 0 saturated heterocycles. The van der Waals surface area contributed by atoms with E-state index in [9.17, 15) is 4.79 Å². The minimum absolute atomic E-state index is 0.153. The van der Waals surface area contributed by atoms with E-state index in [1.807, 2.05) is 48.5 Å². The monoisotopic (exact) mass is 374 g/mol. The van der Waals surface area contributed by atoms with Gasteiger partial charge < -0.3 is 4.74 Å². The minimum atomic E-state index is -0.153. The molecule has 130 valence electrons. The van der Waals surface area contributed by atoms with Crippen LogP contribution < -0.4 is 10.2 Å². The molecular weight excluding hydrogens is 356 g/mol. The third kappa shape index (κ3) is 7.03. The number of nitrogens with zero attached hydrogens (tertiary/aromatic N) is 1. The molecule has 0 aromatic heterocycles. The molecule has 2 rings (SSSR count). The number of hydrazone groups is 1. The summed E-state index contributed by atoms with van der Waals surface area (Å²) in [5.74, 6) is 1.61. The average Bonchev–Trinajstić information content (AvgIpc) is 2.63. The normalized spacial score (nSPS) is 10.6. The van der Waals surface area contributed by atoms with Crippen LogP contribution in [0.5, 0.6) is 5.75 Å². The lowest BCUT2D eigenvalue weighted by molar-refractivity contribution is -0.118. The summed E-state index contributed by atoms with van der Waals surface area (Å²) < 4.78 is 5.40. The molecule has 2 aromatic carbocycles. The van der Waals surface area contributed by atoms with E-state index in [2.05, 4.69) is 17.1 Å². The zero-order chi connectivity index (χ0) is 17.9. The van der Waals surface area contributed by atoms with Crippen LogP contribution in [0.2, 0.25) is 5.02 Å². The molecule has 0 atom stereocenters. The van der Waals surface area contributed by atoms with E-state index in [-0.39, 0.29) is 5.91 Å². The Morgan fingerprint density at radius 3 is 2.72 bits per heavy atom. The fraction of sp³-hybridized carbons (Fsp3) is 0.158. The molecule has 6 heteroatoms. The van der Waals surface area contributed by atoms with E-state index in [1.165, 1.54) is 11.8 Å². The van der Waals surface area contributed by atoms with Crippen molar-refractivity contribution in [2.45, 2.75) is 5.75 Å². The van der Waals surface area contributed by atoms with Gasteiger partial charge >= 0.3 is 0 Å². The van der Waals surface area contributed by atoms with Crippen molar-refractivity contribution in [1.29, 1.82) is 0 Å². The molecule has 1 amide bonds. The van der Waals surface area contributed by atoms with Gasteiger partial charge in [-0.1, -0.05) is 42.5 Å². The van der Waals surface area contributed by atoms with Gasteiger partial charge in [-0.05, 0) is 41.5 Å². The van der Waals surface area contributed by atoms with Gasteiger partial charge in [0.15, 0.2) is 0 Å². The number of hydrogen-bond acceptors (Lipinski definition) is 4. The van der Waals surface area contributed by atoms with Gasteiger partial charge in [-0.15, -0.1) is 11.8 Å². The van der Waals surface area contributed by atoms with E-state index >= 15 is 0 Å². The molecule has 0 unspecified atom stereocenters. The second-order valence-electron chi connectivity index (χ2n) is 5.05. The summed E-state index contributed by atoms with van der Waals surface area (Å²) in [5, 5.41) is 4.67. The van der Waals surface area contributed by atoms with Crippen LogP contribution in [0, 0.1) is 0 Å². The fourth-order valence-corrected chi connectivity index (χ4v) is 2.99. The number of nitrogens with one attached hydrogen (secondary N) is 1. The highest BCUT2D eigenvalue weighted by atomic mass is 35.5. The van der Waals surface area contributed by atoms with Crippen LogP contribution >= 0.6 is 23.4 Å². The number of rotatable bonds is 9. The number of benzene rings is 2. The molecule has 0 aliphatic rings. The molecule has 0 fully saturated rings. The summed E-state index contributed by atoms with van der Waals surface area (Å²) in [7, 11) is 0. The third-order valence-corrected chi connectivity index (χ3v) is 4.45. The van der Waals surface area contributed by atoms with Crippen LogP contribution in [0.25, 0.3) is 0 Å². The van der Waals surface area contributed by atoms with Gasteiger partial charge in [0.25, 0.3) is 0 Å². The van der Waals surface area contributed by atoms with Crippen molar-refractivity contribution in [3.8, 4) is 5.75 Å². The van der Waals surface area contributed by atoms with Crippen LogP contribution in [-0.4, -0.2) is 24.5 Å². The second kappa shape index (κ2) is 10.6. The van der Waals surface area contributed by atoms with Crippen molar-refractivity contribution in [3.05, 3.63) is 77.3 Å². The van der Waals surface area contributed by atoms with Crippen LogP contribution in [0.3, 0.4) is 0 Å². The van der Waals surface area contributed by atoms with Crippen LogP contribution in [0.15, 0.2) is 66.3 Å². The number of amides is 1. The SMILES string of the molecule is C=CCOc1ccc(C=NNC(=O)CSCc2ccccc2Cl)cc1. The highest BCUT2D eigenvalue weighted by Gasteiger charge is 2.03. The van der Waals surface area contributed by atoms with Gasteiger partial charge in [-0.3, -0.25) is 4.79 Å². The maximum atomic E-state index is 11.8. The first kappa shape index (κ1) is 19.1. The van der Waals surface area contributed by atoms with Crippen molar-refractivity contribution in [2.75, 3.05) is 12.4 Å². The Bertz CT molecular complexity index is 732. The molecule has 0 bridgehead atoms. The second-order valence-corrected chi connectivity index (χ2v) is 6.44. The van der Waals surface area contributed by atoms with E-state index in [0.29, 0.717) is 23.1 Å². The van der Waals surface area contributed by atoms with Crippen LogP contribution in [0.1, 0.15) is 11.1 Å². The first-order valence-corrected chi connectivity index (χ1v) is 9.19. The minimum Gasteiger partial charge on any atom is -0.490 e. The van der Waals surface area contributed by atoms with Crippen molar-refractivity contribution in [1.82, 2.24) is 5.43 Å². The highest BCUT2D eigenvalue weighted by Crippen LogP contribution is 2.20. The van der Waals surface area contributed by atoms with Gasteiger partial charge in [-0.2, -0.15) is 5.10 Å². The van der Waals surface area contributed by atoms with Crippen LogP contribution in [-0.2, 0) is 10.5 Å². The standard InChI is InChI=1S/C19H19ClN2O2S/c1-2-11-24-17-9-7-15(8-10-17)12-21-22-19(23)14-25-13-16-5-3-4-6-18(16)20/h2-10,12H,1,11,13-14H2,(H,22,23).